The van der Waals surface area contributed by atoms with Crippen LogP contribution in [0.5, 0.6) is 0 Å². The highest BCUT2D eigenvalue weighted by molar-refractivity contribution is 5.69. The molecule has 0 radical (unpaired) electrons. The molecule has 0 aliphatic carbocycles. The van der Waals surface area contributed by atoms with Crippen molar-refractivity contribution in [2.45, 2.75) is 177 Å². The number of carbonyl (C=O) groups excluding carboxylic acids is 2. The second kappa shape index (κ2) is 22.7. The molecule has 0 heterocycles. The lowest BCUT2D eigenvalue weighted by Gasteiger charge is -2.24. The molecule has 0 rings (SSSR count). The first-order chi connectivity index (χ1) is 18.0. The van der Waals surface area contributed by atoms with E-state index in [1.807, 2.05) is 0 Å². The van der Waals surface area contributed by atoms with Gasteiger partial charge >= 0.3 is 11.9 Å². The van der Waals surface area contributed by atoms with Gasteiger partial charge in [-0.3, -0.25) is 9.59 Å². The van der Waals surface area contributed by atoms with Gasteiger partial charge in [-0.15, -0.1) is 0 Å². The normalized spacial score (nSPS) is 12.9. The van der Waals surface area contributed by atoms with Gasteiger partial charge in [0.05, 0.1) is 13.2 Å². The Morgan fingerprint density at radius 3 is 1.45 bits per heavy atom. The Hall–Kier alpha value is -1.06. The number of unbranched alkanes of at least 4 members (excludes halogenated alkanes) is 10. The molecule has 0 amide bonds. The van der Waals surface area contributed by atoms with Crippen LogP contribution in [0.2, 0.25) is 0 Å². The lowest BCUT2D eigenvalue weighted by Crippen LogP contribution is -2.23. The van der Waals surface area contributed by atoms with Gasteiger partial charge in [0, 0.05) is 12.8 Å². The molecule has 1 atom stereocenters. The predicted molar refractivity (Wildman–Crippen MR) is 162 cm³/mol. The Kier molecular flexibility index (Phi) is 22.1. The summed E-state index contributed by atoms with van der Waals surface area (Å²) in [5.74, 6) is 0.376. The van der Waals surface area contributed by atoms with E-state index in [-0.39, 0.29) is 22.8 Å². The largest absolute Gasteiger partial charge is 0.465 e. The summed E-state index contributed by atoms with van der Waals surface area (Å²) in [6.45, 7) is 16.4. The molecule has 0 aliphatic heterocycles. The van der Waals surface area contributed by atoms with Crippen molar-refractivity contribution in [3.05, 3.63) is 0 Å². The second-order valence-electron chi connectivity index (χ2n) is 13.4. The summed E-state index contributed by atoms with van der Waals surface area (Å²) >= 11 is 0. The second-order valence-corrected chi connectivity index (χ2v) is 13.4. The molecular weight excluding hydrogens is 472 g/mol. The van der Waals surface area contributed by atoms with E-state index < -0.39 is 0 Å². The van der Waals surface area contributed by atoms with Crippen molar-refractivity contribution in [1.82, 2.24) is 0 Å². The molecule has 38 heavy (non-hydrogen) atoms. The van der Waals surface area contributed by atoms with Crippen molar-refractivity contribution in [1.29, 1.82) is 0 Å². The first-order valence-electron chi connectivity index (χ1n) is 16.4. The van der Waals surface area contributed by atoms with E-state index in [1.165, 1.54) is 51.4 Å². The molecule has 0 fully saturated rings. The highest BCUT2D eigenvalue weighted by Crippen LogP contribution is 2.26. The van der Waals surface area contributed by atoms with E-state index in [0.29, 0.717) is 32.0 Å². The van der Waals surface area contributed by atoms with Crippen LogP contribution in [0.3, 0.4) is 0 Å². The first kappa shape index (κ1) is 36.9. The predicted octanol–water partition coefficient (Wildman–Crippen LogP) is 10.6. The fourth-order valence-corrected chi connectivity index (χ4v) is 5.39. The number of esters is 2. The van der Waals surface area contributed by atoms with E-state index in [2.05, 4.69) is 48.5 Å². The summed E-state index contributed by atoms with van der Waals surface area (Å²) in [6, 6.07) is 0. The minimum atomic E-state index is -0.0513. The summed E-state index contributed by atoms with van der Waals surface area (Å²) in [6.07, 6.45) is 22.4. The molecule has 0 bridgehead atoms. The van der Waals surface area contributed by atoms with Crippen molar-refractivity contribution in [2.24, 2.45) is 16.7 Å². The quantitative estimate of drug-likeness (QED) is 0.0811. The average molecular weight is 539 g/mol. The Balaban J connectivity index is 4.28. The van der Waals surface area contributed by atoms with Crippen molar-refractivity contribution in [2.75, 3.05) is 13.2 Å². The third-order valence-corrected chi connectivity index (χ3v) is 7.77. The molecule has 0 saturated heterocycles. The van der Waals surface area contributed by atoms with E-state index in [1.54, 1.807) is 0 Å². The third-order valence-electron chi connectivity index (χ3n) is 7.77. The Bertz CT molecular complexity index is 581. The zero-order valence-electron chi connectivity index (χ0n) is 26.8. The van der Waals surface area contributed by atoms with Crippen LogP contribution in [-0.4, -0.2) is 25.2 Å². The van der Waals surface area contributed by atoms with Gasteiger partial charge in [0.1, 0.15) is 0 Å². The molecule has 0 aromatic heterocycles. The fraction of sp³-hybridized carbons (Fsp3) is 0.941. The van der Waals surface area contributed by atoms with Crippen molar-refractivity contribution in [3.8, 4) is 0 Å². The zero-order chi connectivity index (χ0) is 28.7. The van der Waals surface area contributed by atoms with E-state index in [4.69, 9.17) is 9.47 Å². The molecular formula is C34H66O4. The SMILES string of the molecule is CCCCCCCCCC(CCCCCCCC(=O)OCC(C)(C)CCC)CC(=O)OCC(C)(C)CCC. The summed E-state index contributed by atoms with van der Waals surface area (Å²) in [5.41, 5.74) is 0.144. The van der Waals surface area contributed by atoms with E-state index in [0.717, 1.165) is 64.2 Å². The van der Waals surface area contributed by atoms with Crippen LogP contribution in [0.1, 0.15) is 177 Å². The molecule has 226 valence electrons. The molecule has 4 nitrogen and oxygen atoms in total. The van der Waals surface area contributed by atoms with Gasteiger partial charge < -0.3 is 9.47 Å². The molecule has 0 N–H and O–H groups in total. The van der Waals surface area contributed by atoms with Crippen LogP contribution in [0.25, 0.3) is 0 Å². The van der Waals surface area contributed by atoms with E-state index in [9.17, 15) is 9.59 Å². The molecule has 0 aromatic rings. The zero-order valence-corrected chi connectivity index (χ0v) is 26.8. The monoisotopic (exact) mass is 538 g/mol. The molecule has 1 unspecified atom stereocenters. The molecule has 0 aromatic carbocycles. The molecule has 0 saturated carbocycles. The number of hydrogen-bond acceptors (Lipinski definition) is 4. The van der Waals surface area contributed by atoms with Crippen molar-refractivity contribution >= 4 is 11.9 Å². The standard InChI is InChI=1S/C34H66O4/c1-8-11-12-13-14-16-19-22-30(27-32(36)38-29-34(6,7)26-10-3)23-20-17-15-18-21-24-31(35)37-28-33(4,5)25-9-2/h30H,8-29H2,1-7H3. The number of carbonyl (C=O) groups is 2. The van der Waals surface area contributed by atoms with Gasteiger partial charge in [-0.25, -0.2) is 0 Å². The Morgan fingerprint density at radius 1 is 0.553 bits per heavy atom. The van der Waals surface area contributed by atoms with Gasteiger partial charge in [-0.2, -0.15) is 0 Å². The van der Waals surface area contributed by atoms with E-state index >= 15 is 0 Å². The van der Waals surface area contributed by atoms with Gasteiger partial charge in [0.2, 0.25) is 0 Å². The van der Waals surface area contributed by atoms with Crippen LogP contribution < -0.4 is 0 Å². The lowest BCUT2D eigenvalue weighted by molar-refractivity contribution is -0.148. The Labute approximate surface area is 237 Å². The lowest BCUT2D eigenvalue weighted by atomic mass is 9.89. The summed E-state index contributed by atoms with van der Waals surface area (Å²) in [4.78, 5) is 24.7. The van der Waals surface area contributed by atoms with Crippen LogP contribution in [0.15, 0.2) is 0 Å². The third kappa shape index (κ3) is 22.9. The summed E-state index contributed by atoms with van der Waals surface area (Å²) in [7, 11) is 0. The van der Waals surface area contributed by atoms with Crippen LogP contribution >= 0.6 is 0 Å². The Morgan fingerprint density at radius 2 is 0.974 bits per heavy atom. The highest BCUT2D eigenvalue weighted by atomic mass is 16.5. The highest BCUT2D eigenvalue weighted by Gasteiger charge is 2.21. The summed E-state index contributed by atoms with van der Waals surface area (Å²) in [5, 5.41) is 0. The maximum atomic E-state index is 12.6. The van der Waals surface area contributed by atoms with Gasteiger partial charge in [-0.1, -0.05) is 132 Å². The number of hydrogen-bond donors (Lipinski definition) is 0. The minimum Gasteiger partial charge on any atom is -0.465 e. The number of ether oxygens (including phenoxy) is 2. The summed E-state index contributed by atoms with van der Waals surface area (Å²) < 4.78 is 11.2. The maximum absolute atomic E-state index is 12.6. The van der Waals surface area contributed by atoms with Crippen LogP contribution in [-0.2, 0) is 19.1 Å². The minimum absolute atomic E-state index is 0.0113. The number of rotatable bonds is 26. The topological polar surface area (TPSA) is 52.6 Å². The molecule has 0 aliphatic rings. The van der Waals surface area contributed by atoms with Crippen LogP contribution in [0, 0.1) is 16.7 Å². The maximum Gasteiger partial charge on any atom is 0.306 e. The van der Waals surface area contributed by atoms with Gasteiger partial charge in [0.15, 0.2) is 0 Å². The van der Waals surface area contributed by atoms with Gasteiger partial charge in [0.25, 0.3) is 0 Å². The van der Waals surface area contributed by atoms with Crippen molar-refractivity contribution < 1.29 is 19.1 Å². The van der Waals surface area contributed by atoms with Crippen LogP contribution in [0.4, 0.5) is 0 Å². The average Bonchev–Trinajstić information content (AvgIpc) is 2.85. The fourth-order valence-electron chi connectivity index (χ4n) is 5.39. The molecule has 4 heteroatoms. The van der Waals surface area contributed by atoms with Gasteiger partial charge in [-0.05, 0) is 48.9 Å². The smallest absolute Gasteiger partial charge is 0.306 e. The van der Waals surface area contributed by atoms with Crippen molar-refractivity contribution in [3.63, 3.8) is 0 Å². The first-order valence-corrected chi connectivity index (χ1v) is 16.4. The molecule has 0 spiro atoms.